The molecule has 0 aliphatic heterocycles. The Kier molecular flexibility index (Phi) is 8.49. The molecule has 2 aromatic carbocycles. The van der Waals surface area contributed by atoms with Crippen molar-refractivity contribution in [2.75, 3.05) is 11.9 Å². The number of halogens is 2. The van der Waals surface area contributed by atoms with Crippen LogP contribution in [-0.4, -0.2) is 39.5 Å². The molecule has 2 heterocycles. The first-order valence-corrected chi connectivity index (χ1v) is 12.4. The number of carbonyl (C=O) groups is 1. The van der Waals surface area contributed by atoms with E-state index in [-0.39, 0.29) is 47.2 Å². The minimum atomic E-state index is -1.12. The van der Waals surface area contributed by atoms with Crippen LogP contribution in [0.15, 0.2) is 59.5 Å². The second-order valence-electron chi connectivity index (χ2n) is 8.13. The molecular weight excluding hydrogens is 517 g/mol. The lowest BCUT2D eigenvalue weighted by Gasteiger charge is -2.19. The Morgan fingerprint density at radius 2 is 1.95 bits per heavy atom. The summed E-state index contributed by atoms with van der Waals surface area (Å²) in [5, 5.41) is 21.3. The Bertz CT molecular complexity index is 1500. The SMILES string of the molecule is CCOC(=O)c1c(OCc2ccccc2)c(=O)c(-c2nnc(Cc3ccc(F)cc3F)s2)cn1NB(C)O. The lowest BCUT2D eigenvalue weighted by molar-refractivity contribution is 0.0508. The fourth-order valence-corrected chi connectivity index (χ4v) is 4.43. The smallest absolute Gasteiger partial charge is 0.422 e. The Hall–Kier alpha value is -4.10. The van der Waals surface area contributed by atoms with Gasteiger partial charge in [0.1, 0.15) is 23.2 Å². The summed E-state index contributed by atoms with van der Waals surface area (Å²) in [7, 11) is -1.12. The van der Waals surface area contributed by atoms with Gasteiger partial charge in [-0.25, -0.2) is 13.6 Å². The van der Waals surface area contributed by atoms with Gasteiger partial charge >= 0.3 is 13.0 Å². The lowest BCUT2D eigenvalue weighted by Crippen LogP contribution is -2.35. The topological polar surface area (TPSA) is 116 Å². The molecule has 0 bridgehead atoms. The van der Waals surface area contributed by atoms with Crippen LogP contribution in [0.4, 0.5) is 8.78 Å². The number of benzene rings is 2. The Balaban J connectivity index is 1.78. The summed E-state index contributed by atoms with van der Waals surface area (Å²) >= 11 is 1.03. The number of hydrogen-bond donors (Lipinski definition) is 2. The number of esters is 1. The molecule has 0 amide bonds. The van der Waals surface area contributed by atoms with Crippen LogP contribution in [0.3, 0.4) is 0 Å². The highest BCUT2D eigenvalue weighted by Gasteiger charge is 2.27. The number of pyridine rings is 1. The summed E-state index contributed by atoms with van der Waals surface area (Å²) in [5.41, 5.74) is 0.102. The van der Waals surface area contributed by atoms with Crippen molar-refractivity contribution in [2.45, 2.75) is 26.8 Å². The van der Waals surface area contributed by atoms with Crippen molar-refractivity contribution in [1.29, 1.82) is 0 Å². The standard InChI is InChI=1S/C25H23BF2N4O5S/c1-3-36-25(34)21-23(37-14-15-7-5-4-6-8-15)22(33)18(13-32(21)31-26(2)35)24-30-29-20(38-24)11-16-9-10-17(27)12-19(16)28/h4-10,12-13,31,35H,3,11,14H2,1-2H3. The van der Waals surface area contributed by atoms with Crippen molar-refractivity contribution in [2.24, 2.45) is 0 Å². The van der Waals surface area contributed by atoms with Crippen molar-refractivity contribution in [3.05, 3.63) is 98.4 Å². The van der Waals surface area contributed by atoms with Gasteiger partial charge in [-0.05, 0) is 30.9 Å². The van der Waals surface area contributed by atoms with Gasteiger partial charge in [0, 0.05) is 18.7 Å². The maximum Gasteiger partial charge on any atom is 0.422 e. The first-order chi connectivity index (χ1) is 18.3. The number of carbonyl (C=O) groups excluding carboxylic acids is 1. The van der Waals surface area contributed by atoms with Crippen molar-refractivity contribution in [3.8, 4) is 16.3 Å². The zero-order valence-electron chi connectivity index (χ0n) is 20.5. The van der Waals surface area contributed by atoms with E-state index in [0.29, 0.717) is 5.01 Å². The van der Waals surface area contributed by atoms with Crippen molar-refractivity contribution in [3.63, 3.8) is 0 Å². The van der Waals surface area contributed by atoms with Crippen molar-refractivity contribution in [1.82, 2.24) is 14.9 Å². The van der Waals surface area contributed by atoms with E-state index < -0.39 is 30.1 Å². The molecule has 2 aromatic heterocycles. The van der Waals surface area contributed by atoms with Gasteiger partial charge in [0.25, 0.3) is 0 Å². The van der Waals surface area contributed by atoms with Gasteiger partial charge in [-0.2, -0.15) is 0 Å². The summed E-state index contributed by atoms with van der Waals surface area (Å²) < 4.78 is 39.5. The normalized spacial score (nSPS) is 10.8. The van der Waals surface area contributed by atoms with E-state index in [0.717, 1.165) is 33.7 Å². The first kappa shape index (κ1) is 27.0. The molecule has 38 heavy (non-hydrogen) atoms. The van der Waals surface area contributed by atoms with Crippen LogP contribution in [0.25, 0.3) is 10.6 Å². The van der Waals surface area contributed by atoms with Crippen LogP contribution in [-0.2, 0) is 17.8 Å². The molecule has 0 saturated carbocycles. The van der Waals surface area contributed by atoms with Crippen LogP contribution in [0.2, 0.25) is 6.82 Å². The third kappa shape index (κ3) is 6.24. The molecule has 13 heteroatoms. The van der Waals surface area contributed by atoms with E-state index >= 15 is 0 Å². The summed E-state index contributed by atoms with van der Waals surface area (Å²) in [6.07, 6.45) is 1.32. The van der Waals surface area contributed by atoms with E-state index in [4.69, 9.17) is 9.47 Å². The molecule has 2 N–H and O–H groups in total. The number of nitrogens with one attached hydrogen (secondary N) is 1. The minimum absolute atomic E-state index is 0.0220. The maximum atomic E-state index is 14.1. The molecule has 0 aliphatic carbocycles. The lowest BCUT2D eigenvalue weighted by atomic mass is 9.91. The van der Waals surface area contributed by atoms with Crippen molar-refractivity contribution < 1.29 is 28.1 Å². The molecule has 0 spiro atoms. The van der Waals surface area contributed by atoms with Crippen LogP contribution in [0.5, 0.6) is 5.75 Å². The first-order valence-electron chi connectivity index (χ1n) is 11.6. The van der Waals surface area contributed by atoms with Gasteiger partial charge in [0.2, 0.25) is 11.2 Å². The Morgan fingerprint density at radius 3 is 2.63 bits per heavy atom. The molecule has 4 rings (SSSR count). The molecule has 9 nitrogen and oxygen atoms in total. The van der Waals surface area contributed by atoms with E-state index in [9.17, 15) is 23.4 Å². The van der Waals surface area contributed by atoms with Gasteiger partial charge < -0.3 is 19.8 Å². The summed E-state index contributed by atoms with van der Waals surface area (Å²) in [6, 6.07) is 12.3. The molecule has 0 unspecified atom stereocenters. The Morgan fingerprint density at radius 1 is 1.18 bits per heavy atom. The van der Waals surface area contributed by atoms with Gasteiger partial charge in [-0.1, -0.05) is 47.7 Å². The summed E-state index contributed by atoms with van der Waals surface area (Å²) in [6.45, 7) is 3.07. The summed E-state index contributed by atoms with van der Waals surface area (Å²) in [4.78, 5) is 26.5. The highest BCUT2D eigenvalue weighted by atomic mass is 32.1. The van der Waals surface area contributed by atoms with Gasteiger partial charge in [0.05, 0.1) is 12.2 Å². The third-order valence-electron chi connectivity index (χ3n) is 5.24. The number of rotatable bonds is 10. The molecule has 0 aliphatic rings. The average Bonchev–Trinajstić information content (AvgIpc) is 3.34. The zero-order valence-corrected chi connectivity index (χ0v) is 21.3. The van der Waals surface area contributed by atoms with Crippen LogP contribution >= 0.6 is 11.3 Å². The largest absolute Gasteiger partial charge is 0.482 e. The average molecular weight is 540 g/mol. The number of hydrogen-bond acceptors (Lipinski definition) is 9. The van der Waals surface area contributed by atoms with Gasteiger partial charge in [0.15, 0.2) is 10.7 Å². The second-order valence-corrected chi connectivity index (χ2v) is 9.19. The van der Waals surface area contributed by atoms with Crippen molar-refractivity contribution >= 4 is 24.4 Å². The quantitative estimate of drug-likeness (QED) is 0.232. The molecule has 0 atom stereocenters. The maximum absolute atomic E-state index is 14.1. The highest BCUT2D eigenvalue weighted by molar-refractivity contribution is 7.14. The number of aromatic nitrogens is 3. The molecule has 196 valence electrons. The second kappa shape index (κ2) is 12.0. The molecule has 0 fully saturated rings. The fourth-order valence-electron chi connectivity index (χ4n) is 3.56. The zero-order chi connectivity index (χ0) is 27.2. The van der Waals surface area contributed by atoms with E-state index in [2.05, 4.69) is 15.5 Å². The highest BCUT2D eigenvalue weighted by Crippen LogP contribution is 2.27. The molecule has 0 radical (unpaired) electrons. The van der Waals surface area contributed by atoms with E-state index in [1.54, 1.807) is 31.2 Å². The van der Waals surface area contributed by atoms with Gasteiger partial charge in [-0.3, -0.25) is 9.47 Å². The number of ether oxygens (including phenoxy) is 2. The van der Waals surface area contributed by atoms with Gasteiger partial charge in [-0.15, -0.1) is 10.2 Å². The Labute approximate surface area is 220 Å². The van der Waals surface area contributed by atoms with Crippen LogP contribution in [0.1, 0.15) is 33.5 Å². The fraction of sp³-hybridized carbons (Fsp3) is 0.200. The molecular formula is C25H23BF2N4O5S. The summed E-state index contributed by atoms with van der Waals surface area (Å²) in [5.74, 6) is -2.56. The van der Waals surface area contributed by atoms with E-state index in [1.807, 2.05) is 6.07 Å². The predicted octanol–water partition coefficient (Wildman–Crippen LogP) is 3.65. The predicted molar refractivity (Wildman–Crippen MR) is 139 cm³/mol. The minimum Gasteiger partial charge on any atom is -0.482 e. The molecule has 0 saturated heterocycles. The van der Waals surface area contributed by atoms with E-state index in [1.165, 1.54) is 19.1 Å². The third-order valence-corrected chi connectivity index (χ3v) is 6.20. The molecule has 4 aromatic rings. The van der Waals surface area contributed by atoms with Crippen LogP contribution < -0.4 is 15.5 Å². The van der Waals surface area contributed by atoms with Crippen LogP contribution in [0, 0.1) is 11.6 Å². The number of nitrogens with zero attached hydrogens (tertiary/aromatic N) is 3. The monoisotopic (exact) mass is 540 g/mol.